The van der Waals surface area contributed by atoms with E-state index in [1.807, 2.05) is 48.5 Å². The third kappa shape index (κ3) is 3.48. The summed E-state index contributed by atoms with van der Waals surface area (Å²) >= 11 is 0. The average Bonchev–Trinajstić information content (AvgIpc) is 3.20. The first-order chi connectivity index (χ1) is 12.8. The van der Waals surface area contributed by atoms with E-state index in [2.05, 4.69) is 27.2 Å². The molecule has 0 saturated carbocycles. The van der Waals surface area contributed by atoms with E-state index in [0.29, 0.717) is 11.8 Å². The summed E-state index contributed by atoms with van der Waals surface area (Å²) in [4.78, 5) is 6.72. The average molecular weight is 349 g/mol. The van der Waals surface area contributed by atoms with E-state index < -0.39 is 0 Å². The number of piperidine rings is 1. The van der Waals surface area contributed by atoms with Gasteiger partial charge < -0.3 is 14.5 Å². The van der Waals surface area contributed by atoms with Crippen LogP contribution in [0.1, 0.15) is 18.4 Å². The lowest BCUT2D eigenvalue weighted by Crippen LogP contribution is -2.47. The predicted octanol–water partition coefficient (Wildman–Crippen LogP) is 3.56. The molecule has 0 aliphatic carbocycles. The van der Waals surface area contributed by atoms with Crippen LogP contribution in [0.2, 0.25) is 0 Å². The summed E-state index contributed by atoms with van der Waals surface area (Å²) in [5, 5.41) is 14.3. The van der Waals surface area contributed by atoms with Crippen LogP contribution in [0.5, 0.6) is 0 Å². The molecule has 1 aliphatic heterocycles. The van der Waals surface area contributed by atoms with Gasteiger partial charge in [0.05, 0.1) is 6.61 Å². The second kappa shape index (κ2) is 7.30. The van der Waals surface area contributed by atoms with Gasteiger partial charge in [0.2, 0.25) is 0 Å². The van der Waals surface area contributed by atoms with Crippen molar-refractivity contribution in [2.45, 2.75) is 19.3 Å². The van der Waals surface area contributed by atoms with Gasteiger partial charge in [-0.2, -0.15) is 4.98 Å². The van der Waals surface area contributed by atoms with Gasteiger partial charge >= 0.3 is 0 Å². The van der Waals surface area contributed by atoms with Crippen molar-refractivity contribution in [2.24, 2.45) is 5.41 Å². The van der Waals surface area contributed by atoms with E-state index in [0.717, 1.165) is 37.9 Å². The van der Waals surface area contributed by atoms with Crippen LogP contribution in [-0.4, -0.2) is 34.9 Å². The second-order valence-corrected chi connectivity index (χ2v) is 7.11. The van der Waals surface area contributed by atoms with Gasteiger partial charge in [0.15, 0.2) is 0 Å². The van der Waals surface area contributed by atoms with Crippen LogP contribution in [0.25, 0.3) is 11.5 Å². The van der Waals surface area contributed by atoms with Crippen molar-refractivity contribution in [2.75, 3.05) is 24.6 Å². The Morgan fingerprint density at radius 1 is 1.04 bits per heavy atom. The first kappa shape index (κ1) is 16.8. The highest BCUT2D eigenvalue weighted by atomic mass is 16.5. The van der Waals surface area contributed by atoms with Crippen molar-refractivity contribution < 1.29 is 9.63 Å². The molecule has 1 saturated heterocycles. The number of benzene rings is 2. The second-order valence-electron chi connectivity index (χ2n) is 7.11. The molecule has 1 N–H and O–H groups in total. The number of hydrogen-bond acceptors (Lipinski definition) is 5. The van der Waals surface area contributed by atoms with Crippen molar-refractivity contribution in [1.82, 2.24) is 10.1 Å². The predicted molar refractivity (Wildman–Crippen MR) is 101 cm³/mol. The fourth-order valence-corrected chi connectivity index (χ4v) is 3.78. The van der Waals surface area contributed by atoms with Gasteiger partial charge in [-0.1, -0.05) is 48.5 Å². The Kier molecular flexibility index (Phi) is 4.71. The number of hydrogen-bond donors (Lipinski definition) is 1. The Hall–Kier alpha value is -2.66. The first-order valence-corrected chi connectivity index (χ1v) is 9.07. The fraction of sp³-hybridized carbons (Fsp3) is 0.333. The molecule has 1 aromatic heterocycles. The quantitative estimate of drug-likeness (QED) is 0.763. The van der Waals surface area contributed by atoms with Crippen LogP contribution < -0.4 is 4.90 Å². The zero-order valence-electron chi connectivity index (χ0n) is 14.7. The first-order valence-electron chi connectivity index (χ1n) is 9.07. The normalized spacial score (nSPS) is 20.3. The number of nitrogens with zero attached hydrogens (tertiary/aromatic N) is 3. The lowest BCUT2D eigenvalue weighted by molar-refractivity contribution is 0.105. The standard InChI is InChI=1S/C21H23N3O2/c25-16-21(14-17-8-3-1-4-9-17)12-7-13-24(15-21)20-22-19(26-23-20)18-10-5-2-6-11-18/h1-6,8-11,25H,7,12-16H2/t21-/m1/s1. The summed E-state index contributed by atoms with van der Waals surface area (Å²) in [6.45, 7) is 1.76. The lowest BCUT2D eigenvalue weighted by Gasteiger charge is -2.41. The maximum Gasteiger partial charge on any atom is 0.266 e. The Morgan fingerprint density at radius 2 is 1.77 bits per heavy atom. The van der Waals surface area contributed by atoms with Crippen LogP contribution in [-0.2, 0) is 6.42 Å². The number of aliphatic hydroxyl groups is 1. The van der Waals surface area contributed by atoms with Crippen molar-refractivity contribution in [1.29, 1.82) is 0 Å². The minimum atomic E-state index is -0.173. The molecule has 2 aromatic carbocycles. The molecule has 1 atom stereocenters. The molecule has 3 aromatic rings. The summed E-state index contributed by atoms with van der Waals surface area (Å²) in [5.74, 6) is 1.14. The SMILES string of the molecule is OC[C@@]1(Cc2ccccc2)CCCN(c2noc(-c3ccccc3)n2)C1. The van der Waals surface area contributed by atoms with Gasteiger partial charge in [-0.3, -0.25) is 0 Å². The number of anilines is 1. The minimum Gasteiger partial charge on any atom is -0.396 e. The largest absolute Gasteiger partial charge is 0.396 e. The molecule has 0 spiro atoms. The number of aromatic nitrogens is 2. The Bertz CT molecular complexity index is 835. The third-order valence-corrected chi connectivity index (χ3v) is 5.14. The molecular formula is C21H23N3O2. The number of aliphatic hydroxyl groups excluding tert-OH is 1. The maximum atomic E-state index is 10.2. The van der Waals surface area contributed by atoms with Gasteiger partial charge in [-0.05, 0) is 42.1 Å². The van der Waals surface area contributed by atoms with E-state index in [4.69, 9.17) is 4.52 Å². The molecule has 134 valence electrons. The topological polar surface area (TPSA) is 62.4 Å². The lowest BCUT2D eigenvalue weighted by atomic mass is 9.76. The van der Waals surface area contributed by atoms with Crippen LogP contribution in [0.3, 0.4) is 0 Å². The summed E-state index contributed by atoms with van der Waals surface area (Å²) in [6, 6.07) is 20.2. The van der Waals surface area contributed by atoms with Crippen LogP contribution >= 0.6 is 0 Å². The Morgan fingerprint density at radius 3 is 2.50 bits per heavy atom. The molecule has 2 heterocycles. The minimum absolute atomic E-state index is 0.155. The Balaban J connectivity index is 1.53. The molecule has 26 heavy (non-hydrogen) atoms. The molecular weight excluding hydrogens is 326 g/mol. The van der Waals surface area contributed by atoms with Gasteiger partial charge in [-0.25, -0.2) is 0 Å². The Labute approximate surface area is 153 Å². The van der Waals surface area contributed by atoms with Crippen molar-refractivity contribution >= 4 is 5.95 Å². The van der Waals surface area contributed by atoms with E-state index in [-0.39, 0.29) is 12.0 Å². The van der Waals surface area contributed by atoms with Crippen LogP contribution in [0, 0.1) is 5.41 Å². The molecule has 0 amide bonds. The maximum absolute atomic E-state index is 10.2. The number of rotatable bonds is 5. The van der Waals surface area contributed by atoms with E-state index in [9.17, 15) is 5.11 Å². The van der Waals surface area contributed by atoms with Crippen LogP contribution in [0.15, 0.2) is 65.2 Å². The molecule has 5 nitrogen and oxygen atoms in total. The molecule has 1 aliphatic rings. The summed E-state index contributed by atoms with van der Waals surface area (Å²) in [5.41, 5.74) is 2.00. The fourth-order valence-electron chi connectivity index (χ4n) is 3.78. The molecule has 0 bridgehead atoms. The highest BCUT2D eigenvalue weighted by Gasteiger charge is 2.36. The van der Waals surface area contributed by atoms with Crippen molar-refractivity contribution in [3.8, 4) is 11.5 Å². The van der Waals surface area contributed by atoms with Gasteiger partial charge in [0, 0.05) is 24.1 Å². The summed E-state index contributed by atoms with van der Waals surface area (Å²) in [7, 11) is 0. The summed E-state index contributed by atoms with van der Waals surface area (Å²) < 4.78 is 5.46. The van der Waals surface area contributed by atoms with Gasteiger partial charge in [0.1, 0.15) is 0 Å². The van der Waals surface area contributed by atoms with E-state index >= 15 is 0 Å². The molecule has 0 unspecified atom stereocenters. The highest BCUT2D eigenvalue weighted by Crippen LogP contribution is 2.35. The van der Waals surface area contributed by atoms with Gasteiger partial charge in [-0.15, -0.1) is 0 Å². The van der Waals surface area contributed by atoms with E-state index in [1.165, 1.54) is 5.56 Å². The van der Waals surface area contributed by atoms with Crippen LogP contribution in [0.4, 0.5) is 5.95 Å². The highest BCUT2D eigenvalue weighted by molar-refractivity contribution is 5.54. The zero-order chi connectivity index (χ0) is 17.8. The molecule has 4 rings (SSSR count). The zero-order valence-corrected chi connectivity index (χ0v) is 14.7. The van der Waals surface area contributed by atoms with Crippen molar-refractivity contribution in [3.63, 3.8) is 0 Å². The van der Waals surface area contributed by atoms with Gasteiger partial charge in [0.25, 0.3) is 11.8 Å². The third-order valence-electron chi connectivity index (χ3n) is 5.14. The van der Waals surface area contributed by atoms with E-state index in [1.54, 1.807) is 0 Å². The monoisotopic (exact) mass is 349 g/mol. The molecule has 1 fully saturated rings. The summed E-state index contributed by atoms with van der Waals surface area (Å²) in [6.07, 6.45) is 2.85. The van der Waals surface area contributed by atoms with Crippen molar-refractivity contribution in [3.05, 3.63) is 66.2 Å². The molecule has 0 radical (unpaired) electrons. The molecule has 5 heteroatoms. The smallest absolute Gasteiger partial charge is 0.266 e.